The van der Waals surface area contributed by atoms with E-state index in [1.54, 1.807) is 0 Å². The van der Waals surface area contributed by atoms with Crippen LogP contribution in [0.4, 0.5) is 0 Å². The topological polar surface area (TPSA) is 140 Å². The van der Waals surface area contributed by atoms with Gasteiger partial charge in [-0.2, -0.15) is 36.3 Å². The zero-order valence-electron chi connectivity index (χ0n) is 54.4. The number of hydrogen-bond acceptors (Lipinski definition) is 6. The van der Waals surface area contributed by atoms with Crippen LogP contribution in [0.25, 0.3) is 31.9 Å². The van der Waals surface area contributed by atoms with E-state index < -0.39 is 0 Å². The third kappa shape index (κ3) is 14.0. The molecule has 0 aromatic heterocycles. The Morgan fingerprint density at radius 3 is 0.859 bits per heavy atom. The van der Waals surface area contributed by atoms with E-state index in [9.17, 15) is 0 Å². The van der Waals surface area contributed by atoms with E-state index in [0.29, 0.717) is 110 Å². The summed E-state index contributed by atoms with van der Waals surface area (Å²) in [5, 5.41) is 31.3. The molecule has 0 radical (unpaired) electrons. The fourth-order valence-corrected chi connectivity index (χ4v) is 23.4. The van der Waals surface area contributed by atoms with Crippen molar-refractivity contribution in [2.24, 2.45) is 123 Å². The van der Waals surface area contributed by atoms with Crippen LogP contribution in [0.3, 0.4) is 0 Å². The summed E-state index contributed by atoms with van der Waals surface area (Å²) in [6, 6.07) is 2.81. The van der Waals surface area contributed by atoms with Gasteiger partial charge in [0.05, 0.1) is 39.6 Å². The van der Waals surface area contributed by atoms with E-state index in [1.165, 1.54) is 116 Å². The molecular formula is C72H120FeN6O6-4. The Kier molecular flexibility index (Phi) is 22.3. The molecule has 486 valence electrons. The molecule has 16 rings (SSSR count). The van der Waals surface area contributed by atoms with Crippen LogP contribution >= 0.6 is 0 Å². The maximum Gasteiger partial charge on any atom is 2.00 e. The number of ether oxygens (including phenoxy) is 6. The molecule has 0 amide bonds. The monoisotopic (exact) mass is 1220 g/mol. The van der Waals surface area contributed by atoms with E-state index in [1.807, 2.05) is 0 Å². The summed E-state index contributed by atoms with van der Waals surface area (Å²) in [7, 11) is 0. The Bertz CT molecular complexity index is 1820. The average molecular weight is 1220 g/mol. The van der Waals surface area contributed by atoms with Gasteiger partial charge in [-0.3, -0.25) is 0 Å². The maximum absolute atomic E-state index is 6.53. The van der Waals surface area contributed by atoms with E-state index in [4.69, 9.17) is 60.3 Å². The molecule has 6 aliphatic heterocycles. The zero-order valence-corrected chi connectivity index (χ0v) is 55.5. The molecule has 21 atom stereocenters. The second-order valence-corrected chi connectivity index (χ2v) is 32.9. The molecule has 0 spiro atoms. The molecule has 85 heavy (non-hydrogen) atoms. The van der Waals surface area contributed by atoms with Gasteiger partial charge in [-0.25, -0.2) is 0 Å². The van der Waals surface area contributed by atoms with Crippen molar-refractivity contribution in [3.05, 3.63) is 31.9 Å². The minimum Gasteiger partial charge on any atom is -0.661 e. The van der Waals surface area contributed by atoms with Crippen LogP contribution in [-0.2, 0) is 45.5 Å². The first-order valence-corrected chi connectivity index (χ1v) is 36.4. The van der Waals surface area contributed by atoms with Crippen molar-refractivity contribution in [3.8, 4) is 0 Å². The minimum atomic E-state index is 0. The molecule has 16 fully saturated rings. The third-order valence-electron chi connectivity index (χ3n) is 28.0. The van der Waals surface area contributed by atoms with Gasteiger partial charge in [0.1, 0.15) is 0 Å². The quantitative estimate of drug-likeness (QED) is 0.0593. The molecule has 0 N–H and O–H groups in total. The summed E-state index contributed by atoms with van der Waals surface area (Å²) in [5.41, 5.74) is 1.33. The zero-order chi connectivity index (χ0) is 57.4. The van der Waals surface area contributed by atoms with Crippen LogP contribution in [0, 0.1) is 123 Å². The van der Waals surface area contributed by atoms with Crippen LogP contribution in [0.1, 0.15) is 176 Å². The predicted molar refractivity (Wildman–Crippen MR) is 338 cm³/mol. The first kappa shape index (κ1) is 65.1. The second kappa shape index (κ2) is 29.1. The van der Waals surface area contributed by atoms with Crippen molar-refractivity contribution >= 4 is 0 Å². The number of piperidine rings is 6. The molecule has 6 heterocycles. The Labute approximate surface area is 528 Å². The van der Waals surface area contributed by atoms with E-state index in [2.05, 4.69) is 41.5 Å². The van der Waals surface area contributed by atoms with Gasteiger partial charge in [0.2, 0.25) is 0 Å². The Hall–Kier alpha value is 0.0395. The molecule has 13 heteroatoms. The summed E-state index contributed by atoms with van der Waals surface area (Å²) in [6.07, 6.45) is 26.6. The average Bonchev–Trinajstić information content (AvgIpc) is 0.841. The number of hydrogen-bond donors (Lipinski definition) is 0. The normalized spacial score (nSPS) is 45.5. The molecule has 10 saturated carbocycles. The van der Waals surface area contributed by atoms with Crippen molar-refractivity contribution in [1.82, 2.24) is 0 Å². The Morgan fingerprint density at radius 2 is 0.588 bits per heavy atom. The first-order valence-electron chi connectivity index (χ1n) is 36.4. The first-order chi connectivity index (χ1) is 40.9. The molecule has 0 aromatic carbocycles. The van der Waals surface area contributed by atoms with Crippen LogP contribution < -0.4 is 0 Å². The van der Waals surface area contributed by atoms with Crippen molar-refractivity contribution in [2.75, 3.05) is 119 Å². The largest absolute Gasteiger partial charge is 2.00 e. The summed E-state index contributed by atoms with van der Waals surface area (Å²) in [4.78, 5) is 0. The molecule has 21 unspecified atom stereocenters. The Balaban J connectivity index is 0.00000709. The summed E-state index contributed by atoms with van der Waals surface area (Å²) in [5.74, 6) is 13.5. The van der Waals surface area contributed by atoms with Gasteiger partial charge in [0, 0.05) is 39.6 Å². The summed E-state index contributed by atoms with van der Waals surface area (Å²) in [6.45, 7) is 30.7. The van der Waals surface area contributed by atoms with E-state index >= 15 is 0 Å². The number of nitrogens with zero attached hydrogens (tertiary/aromatic N) is 6. The van der Waals surface area contributed by atoms with Crippen molar-refractivity contribution in [2.45, 2.75) is 213 Å². The minimum absolute atomic E-state index is 0. The van der Waals surface area contributed by atoms with Crippen molar-refractivity contribution in [3.63, 3.8) is 0 Å². The van der Waals surface area contributed by atoms with Crippen LogP contribution in [0.5, 0.6) is 0 Å². The second-order valence-electron chi connectivity index (χ2n) is 32.9. The standard InChI is InChI=1S/C72H120N6O6.Fe/c1-70(2)58-37-61(70)55-40-76-67(64-13-7-10-19-73-64)34-52(55)49(58)16-22-79-25-28-82-43-46-31-47(44-83-29-26-80-23-17-50-53-35-68(65-14-8-11-20-74-65)77-41-56(53)62-38-59(50)71(62,3)4)33-48(32-46)45-84-30-27-81-24-18-51-54-36-69(66-15-9-12-21-75-66)78-42-57(54)63-39-60(51)72(63,5)6;/h46-69H,7-45H2,1-6H3;/q-6;+2. The van der Waals surface area contributed by atoms with Crippen LogP contribution in [0.2, 0.25) is 0 Å². The number of rotatable bonds is 27. The molecule has 0 aromatic rings. The van der Waals surface area contributed by atoms with Gasteiger partial charge in [0.25, 0.3) is 0 Å². The smallest absolute Gasteiger partial charge is 0.661 e. The van der Waals surface area contributed by atoms with Gasteiger partial charge in [-0.1, -0.05) is 136 Å². The van der Waals surface area contributed by atoms with Crippen molar-refractivity contribution < 1.29 is 45.5 Å². The predicted octanol–water partition coefficient (Wildman–Crippen LogP) is 15.1. The van der Waals surface area contributed by atoms with Gasteiger partial charge in [0.15, 0.2) is 0 Å². The molecule has 16 aliphatic rings. The fourth-order valence-electron chi connectivity index (χ4n) is 23.4. The summed E-state index contributed by atoms with van der Waals surface area (Å²) >= 11 is 0. The Morgan fingerprint density at radius 1 is 0.294 bits per heavy atom. The van der Waals surface area contributed by atoms with Crippen LogP contribution in [0.15, 0.2) is 0 Å². The molecule has 6 saturated heterocycles. The summed E-state index contributed by atoms with van der Waals surface area (Å²) < 4.78 is 39.0. The molecular weight excluding hydrogens is 1100 g/mol. The molecule has 12 nitrogen and oxygen atoms in total. The fraction of sp³-hybridized carbons (Fsp3) is 1.00. The van der Waals surface area contributed by atoms with E-state index in [-0.39, 0.29) is 17.1 Å². The maximum atomic E-state index is 6.53. The molecule has 10 aliphatic carbocycles. The van der Waals surface area contributed by atoms with Crippen molar-refractivity contribution in [1.29, 1.82) is 0 Å². The van der Waals surface area contributed by atoms with Gasteiger partial charge < -0.3 is 60.3 Å². The van der Waals surface area contributed by atoms with Gasteiger partial charge in [-0.05, 0) is 163 Å². The molecule has 6 bridgehead atoms. The van der Waals surface area contributed by atoms with Gasteiger partial charge in [-0.15, -0.1) is 39.3 Å². The van der Waals surface area contributed by atoms with Crippen LogP contribution in [-0.4, -0.2) is 155 Å². The van der Waals surface area contributed by atoms with Gasteiger partial charge >= 0.3 is 17.1 Å². The third-order valence-corrected chi connectivity index (χ3v) is 28.0. The SMILES string of the molecule is CC1(C)C2CC1C1C[N-]C(C3CCCC[N-]3)CC1C2CCOCCOCC1CC(COCCOCCC2C3CC(C4CCCC[N-]4)[N-]CC3C3CC2C3(C)C)CC(COCCOCCC2C3CC(C4CCCC[N-]4)[N-]CC3C3CC2C3(C)C)C1.[Fe+2]. The van der Waals surface area contributed by atoms with E-state index in [0.717, 1.165) is 187 Å².